The molecule has 0 unspecified atom stereocenters. The molecule has 1 rings (SSSR count). The molecule has 1 saturated heterocycles. The Labute approximate surface area is 62.3 Å². The van der Waals surface area contributed by atoms with E-state index in [-0.39, 0.29) is 6.23 Å². The van der Waals surface area contributed by atoms with Crippen molar-refractivity contribution < 1.29 is 4.74 Å². The molecule has 0 aromatic carbocycles. The zero-order valence-electron chi connectivity index (χ0n) is 6.76. The summed E-state index contributed by atoms with van der Waals surface area (Å²) >= 11 is 0. The van der Waals surface area contributed by atoms with E-state index in [1.807, 2.05) is 7.05 Å². The second kappa shape index (κ2) is 3.91. The summed E-state index contributed by atoms with van der Waals surface area (Å²) in [4.78, 5) is 2.29. The third-order valence-corrected chi connectivity index (χ3v) is 1.80. The van der Waals surface area contributed by atoms with Gasteiger partial charge in [-0.3, -0.25) is 5.32 Å². The number of hydrogen-bond acceptors (Lipinski definition) is 3. The van der Waals surface area contributed by atoms with Gasteiger partial charge in [0.2, 0.25) is 0 Å². The lowest BCUT2D eigenvalue weighted by Gasteiger charge is -2.18. The SMILES string of the molecule is CN[C@H]1CN(C)CCCO1. The fraction of sp³-hybridized carbons (Fsp3) is 1.00. The smallest absolute Gasteiger partial charge is 0.120 e. The van der Waals surface area contributed by atoms with Crippen molar-refractivity contribution >= 4 is 0 Å². The molecule has 3 nitrogen and oxygen atoms in total. The van der Waals surface area contributed by atoms with Gasteiger partial charge in [0.25, 0.3) is 0 Å². The molecular weight excluding hydrogens is 128 g/mol. The van der Waals surface area contributed by atoms with Crippen LogP contribution in [-0.2, 0) is 4.74 Å². The van der Waals surface area contributed by atoms with E-state index in [9.17, 15) is 0 Å². The molecule has 0 spiro atoms. The first-order valence-corrected chi connectivity index (χ1v) is 3.80. The number of hydrogen-bond donors (Lipinski definition) is 1. The second-order valence-electron chi connectivity index (χ2n) is 2.76. The molecule has 0 aliphatic carbocycles. The highest BCUT2D eigenvalue weighted by atomic mass is 16.5. The van der Waals surface area contributed by atoms with Gasteiger partial charge in [0.1, 0.15) is 6.23 Å². The van der Waals surface area contributed by atoms with Crippen molar-refractivity contribution in [1.82, 2.24) is 10.2 Å². The summed E-state index contributed by atoms with van der Waals surface area (Å²) in [6.07, 6.45) is 1.38. The van der Waals surface area contributed by atoms with Crippen LogP contribution in [-0.4, -0.2) is 44.9 Å². The number of nitrogens with one attached hydrogen (secondary N) is 1. The van der Waals surface area contributed by atoms with E-state index in [1.54, 1.807) is 0 Å². The first-order valence-electron chi connectivity index (χ1n) is 3.80. The van der Waals surface area contributed by atoms with Gasteiger partial charge < -0.3 is 9.64 Å². The van der Waals surface area contributed by atoms with Crippen LogP contribution in [0.15, 0.2) is 0 Å². The van der Waals surface area contributed by atoms with Crippen molar-refractivity contribution in [2.24, 2.45) is 0 Å². The summed E-state index contributed by atoms with van der Waals surface area (Å²) in [5, 5.41) is 3.11. The number of ether oxygens (including phenoxy) is 1. The van der Waals surface area contributed by atoms with Crippen LogP contribution in [0.4, 0.5) is 0 Å². The van der Waals surface area contributed by atoms with E-state index in [0.29, 0.717) is 0 Å². The molecule has 1 atom stereocenters. The van der Waals surface area contributed by atoms with Gasteiger partial charge in [-0.25, -0.2) is 0 Å². The summed E-state index contributed by atoms with van der Waals surface area (Å²) < 4.78 is 5.47. The highest BCUT2D eigenvalue weighted by Gasteiger charge is 2.12. The third-order valence-electron chi connectivity index (χ3n) is 1.80. The average Bonchev–Trinajstić information content (AvgIpc) is 2.13. The van der Waals surface area contributed by atoms with E-state index in [1.165, 1.54) is 0 Å². The van der Waals surface area contributed by atoms with Crippen molar-refractivity contribution in [1.29, 1.82) is 0 Å². The molecule has 1 aliphatic rings. The van der Waals surface area contributed by atoms with Crippen LogP contribution in [0.5, 0.6) is 0 Å². The molecule has 0 radical (unpaired) electrons. The molecule has 1 fully saturated rings. The molecular formula is C7H16N2O. The van der Waals surface area contributed by atoms with Crippen LogP contribution in [0.1, 0.15) is 6.42 Å². The lowest BCUT2D eigenvalue weighted by atomic mass is 10.4. The largest absolute Gasteiger partial charge is 0.362 e. The quantitative estimate of drug-likeness (QED) is 0.555. The maximum Gasteiger partial charge on any atom is 0.120 e. The van der Waals surface area contributed by atoms with Crippen molar-refractivity contribution in [2.45, 2.75) is 12.6 Å². The van der Waals surface area contributed by atoms with Crippen molar-refractivity contribution in [3.8, 4) is 0 Å². The van der Waals surface area contributed by atoms with E-state index < -0.39 is 0 Å². The van der Waals surface area contributed by atoms with Gasteiger partial charge in [0, 0.05) is 19.7 Å². The van der Waals surface area contributed by atoms with Crippen molar-refractivity contribution in [2.75, 3.05) is 33.8 Å². The molecule has 60 valence electrons. The predicted molar refractivity (Wildman–Crippen MR) is 40.9 cm³/mol. The molecule has 0 saturated carbocycles. The Morgan fingerprint density at radius 3 is 3.10 bits per heavy atom. The van der Waals surface area contributed by atoms with Crippen LogP contribution >= 0.6 is 0 Å². The van der Waals surface area contributed by atoms with E-state index in [4.69, 9.17) is 4.74 Å². The normalized spacial score (nSPS) is 30.0. The Balaban J connectivity index is 2.30. The highest BCUT2D eigenvalue weighted by Crippen LogP contribution is 1.99. The molecule has 0 bridgehead atoms. The molecule has 0 aromatic rings. The van der Waals surface area contributed by atoms with Crippen molar-refractivity contribution in [3.63, 3.8) is 0 Å². The summed E-state index contributed by atoms with van der Waals surface area (Å²) in [6, 6.07) is 0. The lowest BCUT2D eigenvalue weighted by Crippen LogP contribution is -2.37. The minimum atomic E-state index is 0.229. The second-order valence-corrected chi connectivity index (χ2v) is 2.76. The lowest BCUT2D eigenvalue weighted by molar-refractivity contribution is 0.0388. The summed E-state index contributed by atoms with van der Waals surface area (Å²) in [7, 11) is 4.06. The Morgan fingerprint density at radius 2 is 2.40 bits per heavy atom. The van der Waals surface area contributed by atoms with E-state index in [0.717, 1.165) is 26.1 Å². The minimum absolute atomic E-state index is 0.229. The zero-order chi connectivity index (χ0) is 7.40. The number of likely N-dealkylation sites (N-methyl/N-ethyl adjacent to an activating group) is 2. The van der Waals surface area contributed by atoms with Crippen LogP contribution in [0.2, 0.25) is 0 Å². The number of nitrogens with zero attached hydrogens (tertiary/aromatic N) is 1. The summed E-state index contributed by atoms with van der Waals surface area (Å²) in [5.74, 6) is 0. The minimum Gasteiger partial charge on any atom is -0.362 e. The highest BCUT2D eigenvalue weighted by molar-refractivity contribution is 4.63. The molecule has 1 N–H and O–H groups in total. The zero-order valence-corrected chi connectivity index (χ0v) is 6.76. The van der Waals surface area contributed by atoms with Gasteiger partial charge >= 0.3 is 0 Å². The van der Waals surface area contributed by atoms with Gasteiger partial charge in [-0.1, -0.05) is 0 Å². The van der Waals surface area contributed by atoms with E-state index in [2.05, 4.69) is 17.3 Å². The van der Waals surface area contributed by atoms with Crippen LogP contribution in [0, 0.1) is 0 Å². The molecule has 0 amide bonds. The van der Waals surface area contributed by atoms with Crippen LogP contribution in [0.3, 0.4) is 0 Å². The topological polar surface area (TPSA) is 24.5 Å². The molecule has 0 aromatic heterocycles. The molecule has 10 heavy (non-hydrogen) atoms. The molecule has 1 aliphatic heterocycles. The van der Waals surface area contributed by atoms with Crippen LogP contribution < -0.4 is 5.32 Å². The Kier molecular flexibility index (Phi) is 3.12. The van der Waals surface area contributed by atoms with Gasteiger partial charge in [0.15, 0.2) is 0 Å². The summed E-state index contributed by atoms with van der Waals surface area (Å²) in [6.45, 7) is 3.03. The maximum absolute atomic E-state index is 5.47. The van der Waals surface area contributed by atoms with Crippen molar-refractivity contribution in [3.05, 3.63) is 0 Å². The number of rotatable bonds is 1. The standard InChI is InChI=1S/C7H16N2O/c1-8-7-6-9(2)4-3-5-10-7/h7-8H,3-6H2,1-2H3/t7-/m1/s1. The Bertz CT molecular complexity index is 97.6. The molecule has 1 heterocycles. The monoisotopic (exact) mass is 144 g/mol. The first kappa shape index (κ1) is 7.98. The fourth-order valence-electron chi connectivity index (χ4n) is 1.16. The summed E-state index contributed by atoms with van der Waals surface area (Å²) in [5.41, 5.74) is 0. The van der Waals surface area contributed by atoms with Gasteiger partial charge in [0.05, 0.1) is 0 Å². The maximum atomic E-state index is 5.47. The Hall–Kier alpha value is -0.120. The fourth-order valence-corrected chi connectivity index (χ4v) is 1.16. The predicted octanol–water partition coefficient (Wildman–Crippen LogP) is -0.116. The third kappa shape index (κ3) is 2.25. The Morgan fingerprint density at radius 1 is 1.60 bits per heavy atom. The van der Waals surface area contributed by atoms with Gasteiger partial charge in [-0.2, -0.15) is 0 Å². The van der Waals surface area contributed by atoms with E-state index >= 15 is 0 Å². The van der Waals surface area contributed by atoms with Gasteiger partial charge in [-0.05, 0) is 20.5 Å². The first-order chi connectivity index (χ1) is 4.83. The van der Waals surface area contributed by atoms with Crippen LogP contribution in [0.25, 0.3) is 0 Å². The van der Waals surface area contributed by atoms with Gasteiger partial charge in [-0.15, -0.1) is 0 Å². The average molecular weight is 144 g/mol. The molecule has 3 heteroatoms.